The van der Waals surface area contributed by atoms with Gasteiger partial charge in [-0.1, -0.05) is 30.3 Å². The van der Waals surface area contributed by atoms with Crippen LogP contribution in [0.15, 0.2) is 30.3 Å². The van der Waals surface area contributed by atoms with Crippen LogP contribution in [0.3, 0.4) is 0 Å². The number of hydrogen-bond acceptors (Lipinski definition) is 5. The summed E-state index contributed by atoms with van der Waals surface area (Å²) in [6.45, 7) is 2.97. The normalized spacial score (nSPS) is 13.7. The number of esters is 1. The van der Waals surface area contributed by atoms with Gasteiger partial charge in [0.15, 0.2) is 0 Å². The molecule has 0 unspecified atom stereocenters. The monoisotopic (exact) mass is 345 g/mol. The summed E-state index contributed by atoms with van der Waals surface area (Å²) in [6, 6.07) is 9.46. The van der Waals surface area contributed by atoms with Crippen molar-refractivity contribution in [3.63, 3.8) is 0 Å². The zero-order valence-electron chi connectivity index (χ0n) is 14.6. The summed E-state index contributed by atoms with van der Waals surface area (Å²) in [4.78, 5) is 35.9. The molecule has 0 bridgehead atoms. The number of nitriles is 1. The van der Waals surface area contributed by atoms with Gasteiger partial charge in [0.1, 0.15) is 12.1 Å². The number of nitrogens with zero attached hydrogens (tertiary/aromatic N) is 1. The summed E-state index contributed by atoms with van der Waals surface area (Å²) in [5.41, 5.74) is 0.872. The highest BCUT2D eigenvalue weighted by atomic mass is 16.5. The Balaban J connectivity index is 2.88. The van der Waals surface area contributed by atoms with Gasteiger partial charge >= 0.3 is 5.97 Å². The molecule has 134 valence electrons. The van der Waals surface area contributed by atoms with Crippen molar-refractivity contribution in [3.05, 3.63) is 35.9 Å². The fourth-order valence-corrected chi connectivity index (χ4v) is 2.34. The molecule has 0 aromatic heterocycles. The highest BCUT2D eigenvalue weighted by Gasteiger charge is 2.28. The fourth-order valence-electron chi connectivity index (χ4n) is 2.34. The van der Waals surface area contributed by atoms with Crippen molar-refractivity contribution in [1.29, 1.82) is 5.26 Å². The van der Waals surface area contributed by atoms with E-state index in [2.05, 4.69) is 15.4 Å². The Morgan fingerprint density at radius 3 is 2.32 bits per heavy atom. The molecule has 1 rings (SSSR count). The van der Waals surface area contributed by atoms with E-state index in [9.17, 15) is 14.4 Å². The molecular weight excluding hydrogens is 322 g/mol. The molecule has 0 spiro atoms. The van der Waals surface area contributed by atoms with Crippen LogP contribution in [0, 0.1) is 17.2 Å². The van der Waals surface area contributed by atoms with Crippen LogP contribution >= 0.6 is 0 Å². The van der Waals surface area contributed by atoms with Crippen LogP contribution in [0.1, 0.15) is 25.8 Å². The average molecular weight is 345 g/mol. The predicted octanol–water partition coefficient (Wildman–Crippen LogP) is 0.941. The van der Waals surface area contributed by atoms with Gasteiger partial charge in [0.05, 0.1) is 13.2 Å². The Morgan fingerprint density at radius 2 is 1.80 bits per heavy atom. The third-order valence-corrected chi connectivity index (χ3v) is 3.59. The van der Waals surface area contributed by atoms with Gasteiger partial charge in [0.2, 0.25) is 11.8 Å². The Labute approximate surface area is 147 Å². The highest BCUT2D eigenvalue weighted by molar-refractivity contribution is 5.90. The molecule has 2 N–H and O–H groups in total. The number of nitrogens with one attached hydrogen (secondary N) is 2. The van der Waals surface area contributed by atoms with Crippen molar-refractivity contribution in [2.45, 2.75) is 38.8 Å². The smallest absolute Gasteiger partial charge is 0.328 e. The number of amides is 2. The number of rotatable bonds is 8. The molecule has 1 aromatic rings. The molecule has 0 aliphatic carbocycles. The van der Waals surface area contributed by atoms with Gasteiger partial charge in [-0.25, -0.2) is 4.79 Å². The first-order valence-corrected chi connectivity index (χ1v) is 7.96. The van der Waals surface area contributed by atoms with E-state index in [4.69, 9.17) is 5.26 Å². The SMILES string of the molecule is COC(=O)[C@@H](C[C@H](C)C#N)NC(=O)[C@@H](Cc1ccccc1)NC(C)=O. The minimum Gasteiger partial charge on any atom is -0.467 e. The Hall–Kier alpha value is -2.88. The molecule has 7 heteroatoms. The van der Waals surface area contributed by atoms with Crippen LogP contribution in [0.5, 0.6) is 0 Å². The Kier molecular flexibility index (Phi) is 8.13. The van der Waals surface area contributed by atoms with E-state index < -0.39 is 29.9 Å². The number of benzene rings is 1. The quantitative estimate of drug-likeness (QED) is 0.682. The van der Waals surface area contributed by atoms with Crippen LogP contribution in [-0.2, 0) is 25.5 Å². The standard InChI is InChI=1S/C18H23N3O4/c1-12(11-19)9-16(18(24)25-3)21-17(23)15(20-13(2)22)10-14-7-5-4-6-8-14/h4-8,12,15-16H,9-10H2,1-3H3,(H,20,22)(H,21,23)/t12-,15+,16+/m0/s1. The first kappa shape index (κ1) is 20.2. The van der Waals surface area contributed by atoms with Crippen molar-refractivity contribution in [1.82, 2.24) is 10.6 Å². The number of carbonyl (C=O) groups is 3. The lowest BCUT2D eigenvalue weighted by atomic mass is 10.0. The van der Waals surface area contributed by atoms with Gasteiger partial charge in [0.25, 0.3) is 0 Å². The summed E-state index contributed by atoms with van der Waals surface area (Å²) in [7, 11) is 1.22. The predicted molar refractivity (Wildman–Crippen MR) is 91.1 cm³/mol. The van der Waals surface area contributed by atoms with Gasteiger partial charge in [-0.2, -0.15) is 5.26 Å². The van der Waals surface area contributed by atoms with Crippen molar-refractivity contribution >= 4 is 17.8 Å². The molecule has 0 saturated carbocycles. The maximum absolute atomic E-state index is 12.6. The van der Waals surface area contributed by atoms with Gasteiger partial charge in [0, 0.05) is 19.3 Å². The average Bonchev–Trinajstić information content (AvgIpc) is 2.60. The molecule has 0 radical (unpaired) electrons. The number of carbonyl (C=O) groups excluding carboxylic acids is 3. The molecule has 0 saturated heterocycles. The van der Waals surface area contributed by atoms with E-state index in [0.29, 0.717) is 0 Å². The lowest BCUT2D eigenvalue weighted by Crippen LogP contribution is -2.52. The van der Waals surface area contributed by atoms with Crippen LogP contribution < -0.4 is 10.6 Å². The second-order valence-corrected chi connectivity index (χ2v) is 5.79. The number of ether oxygens (including phenoxy) is 1. The largest absolute Gasteiger partial charge is 0.467 e. The van der Waals surface area contributed by atoms with E-state index in [-0.39, 0.29) is 18.7 Å². The second kappa shape index (κ2) is 10.1. The van der Waals surface area contributed by atoms with E-state index in [1.54, 1.807) is 6.92 Å². The zero-order chi connectivity index (χ0) is 18.8. The van der Waals surface area contributed by atoms with Crippen LogP contribution in [0.2, 0.25) is 0 Å². The maximum atomic E-state index is 12.6. The maximum Gasteiger partial charge on any atom is 0.328 e. The first-order valence-electron chi connectivity index (χ1n) is 7.96. The minimum atomic E-state index is -0.945. The first-order chi connectivity index (χ1) is 11.9. The topological polar surface area (TPSA) is 108 Å². The molecular formula is C18H23N3O4. The van der Waals surface area contributed by atoms with E-state index in [1.807, 2.05) is 36.4 Å². The molecule has 1 aromatic carbocycles. The molecule has 3 atom stereocenters. The lowest BCUT2D eigenvalue weighted by molar-refractivity contribution is -0.145. The van der Waals surface area contributed by atoms with Gasteiger partial charge in [-0.3, -0.25) is 9.59 Å². The molecule has 0 aliphatic heterocycles. The molecule has 0 aliphatic rings. The van der Waals surface area contributed by atoms with Crippen molar-refractivity contribution in [3.8, 4) is 6.07 Å². The van der Waals surface area contributed by atoms with Crippen molar-refractivity contribution in [2.75, 3.05) is 7.11 Å². The Bertz CT molecular complexity index is 639. The van der Waals surface area contributed by atoms with Crippen molar-refractivity contribution in [2.24, 2.45) is 5.92 Å². The summed E-state index contributed by atoms with van der Waals surface area (Å²) >= 11 is 0. The second-order valence-electron chi connectivity index (χ2n) is 5.79. The van der Waals surface area contributed by atoms with E-state index >= 15 is 0 Å². The van der Waals surface area contributed by atoms with E-state index in [1.165, 1.54) is 14.0 Å². The summed E-state index contributed by atoms with van der Waals surface area (Å²) < 4.78 is 4.69. The number of methoxy groups -OCH3 is 1. The van der Waals surface area contributed by atoms with E-state index in [0.717, 1.165) is 5.56 Å². The van der Waals surface area contributed by atoms with Gasteiger partial charge in [-0.15, -0.1) is 0 Å². The molecule has 0 heterocycles. The summed E-state index contributed by atoms with van der Waals surface area (Å²) in [5, 5.41) is 14.1. The summed E-state index contributed by atoms with van der Waals surface area (Å²) in [5.74, 6) is -1.91. The van der Waals surface area contributed by atoms with Crippen LogP contribution in [-0.4, -0.2) is 37.0 Å². The molecule has 0 fully saturated rings. The van der Waals surface area contributed by atoms with Crippen LogP contribution in [0.4, 0.5) is 0 Å². The van der Waals surface area contributed by atoms with Gasteiger partial charge in [-0.05, 0) is 18.9 Å². The molecule has 2 amide bonds. The molecule has 7 nitrogen and oxygen atoms in total. The number of hydrogen-bond donors (Lipinski definition) is 2. The third-order valence-electron chi connectivity index (χ3n) is 3.59. The van der Waals surface area contributed by atoms with Gasteiger partial charge < -0.3 is 15.4 Å². The molecule has 25 heavy (non-hydrogen) atoms. The highest BCUT2D eigenvalue weighted by Crippen LogP contribution is 2.08. The zero-order valence-corrected chi connectivity index (χ0v) is 14.6. The summed E-state index contributed by atoms with van der Waals surface area (Å²) in [6.07, 6.45) is 0.418. The van der Waals surface area contributed by atoms with Crippen molar-refractivity contribution < 1.29 is 19.1 Å². The fraction of sp³-hybridized carbons (Fsp3) is 0.444. The Morgan fingerprint density at radius 1 is 1.16 bits per heavy atom. The van der Waals surface area contributed by atoms with Crippen LogP contribution in [0.25, 0.3) is 0 Å². The minimum absolute atomic E-state index is 0.132. The third kappa shape index (κ3) is 7.04. The lowest BCUT2D eigenvalue weighted by Gasteiger charge is -2.22.